The summed E-state index contributed by atoms with van der Waals surface area (Å²) in [6, 6.07) is 8.69. The smallest absolute Gasteiger partial charge is 0.234 e. The van der Waals surface area contributed by atoms with Crippen LogP contribution in [0.25, 0.3) is 0 Å². The predicted molar refractivity (Wildman–Crippen MR) is 74.5 cm³/mol. The largest absolute Gasteiger partial charge is 0.339 e. The molecule has 2 aromatic rings. The Morgan fingerprint density at radius 3 is 3.10 bits per heavy atom. The summed E-state index contributed by atoms with van der Waals surface area (Å²) in [4.78, 5) is 6.92. The van der Waals surface area contributed by atoms with Crippen molar-refractivity contribution in [2.75, 3.05) is 26.7 Å². The van der Waals surface area contributed by atoms with Crippen LogP contribution in [0.5, 0.6) is 0 Å². The van der Waals surface area contributed by atoms with E-state index in [-0.39, 0.29) is 12.0 Å². The highest BCUT2D eigenvalue weighted by Crippen LogP contribution is 2.39. The number of hydrogen-bond acceptors (Lipinski definition) is 5. The molecule has 20 heavy (non-hydrogen) atoms. The standard InChI is InChI=1S/C15H18N4O/c1-19-7-6-16-9-13(19)14-17-15(20-18-14)12-8-10-4-2-3-5-11(10)12/h2-5,12-13,16H,6-9H2,1H3. The Labute approximate surface area is 118 Å². The Morgan fingerprint density at radius 1 is 1.35 bits per heavy atom. The fourth-order valence-electron chi connectivity index (χ4n) is 3.10. The molecule has 1 aliphatic heterocycles. The van der Waals surface area contributed by atoms with Gasteiger partial charge in [-0.25, -0.2) is 0 Å². The summed E-state index contributed by atoms with van der Waals surface area (Å²) in [6.45, 7) is 2.92. The van der Waals surface area contributed by atoms with E-state index < -0.39 is 0 Å². The van der Waals surface area contributed by atoms with E-state index in [4.69, 9.17) is 4.52 Å². The molecule has 1 saturated heterocycles. The SMILES string of the molecule is CN1CCNCC1c1noc(C2Cc3ccccc32)n1. The molecule has 5 heteroatoms. The lowest BCUT2D eigenvalue weighted by molar-refractivity contribution is 0.190. The normalized spacial score (nSPS) is 26.1. The number of nitrogens with zero attached hydrogens (tertiary/aromatic N) is 3. The van der Waals surface area contributed by atoms with Gasteiger partial charge >= 0.3 is 0 Å². The molecule has 1 aromatic heterocycles. The minimum atomic E-state index is 0.219. The van der Waals surface area contributed by atoms with Crippen LogP contribution < -0.4 is 5.32 Å². The molecule has 104 valence electrons. The van der Waals surface area contributed by atoms with E-state index in [1.807, 2.05) is 0 Å². The van der Waals surface area contributed by atoms with Crippen LogP contribution in [0.15, 0.2) is 28.8 Å². The average Bonchev–Trinajstić information content (AvgIpc) is 2.90. The molecule has 1 N–H and O–H groups in total. The number of nitrogens with one attached hydrogen (secondary N) is 1. The third-order valence-corrected chi connectivity index (χ3v) is 4.42. The second-order valence-corrected chi connectivity index (χ2v) is 5.65. The summed E-state index contributed by atoms with van der Waals surface area (Å²) in [5.41, 5.74) is 2.73. The summed E-state index contributed by atoms with van der Waals surface area (Å²) in [6.07, 6.45) is 1.01. The van der Waals surface area contributed by atoms with Gasteiger partial charge in [0, 0.05) is 19.6 Å². The van der Waals surface area contributed by atoms with Crippen molar-refractivity contribution in [2.45, 2.75) is 18.4 Å². The quantitative estimate of drug-likeness (QED) is 0.892. The molecule has 5 nitrogen and oxygen atoms in total. The molecule has 1 aliphatic carbocycles. The number of hydrogen-bond donors (Lipinski definition) is 1. The van der Waals surface area contributed by atoms with Crippen molar-refractivity contribution in [3.63, 3.8) is 0 Å². The van der Waals surface area contributed by atoms with Crippen molar-refractivity contribution in [3.05, 3.63) is 47.1 Å². The van der Waals surface area contributed by atoms with Gasteiger partial charge in [-0.3, -0.25) is 4.90 Å². The van der Waals surface area contributed by atoms with Crippen LogP contribution >= 0.6 is 0 Å². The van der Waals surface area contributed by atoms with Crippen molar-refractivity contribution in [1.82, 2.24) is 20.4 Å². The Morgan fingerprint density at radius 2 is 2.25 bits per heavy atom. The topological polar surface area (TPSA) is 54.2 Å². The number of piperazine rings is 1. The van der Waals surface area contributed by atoms with E-state index in [0.29, 0.717) is 0 Å². The van der Waals surface area contributed by atoms with Crippen LogP contribution in [-0.2, 0) is 6.42 Å². The first-order chi connectivity index (χ1) is 9.83. The van der Waals surface area contributed by atoms with Crippen molar-refractivity contribution in [3.8, 4) is 0 Å². The number of rotatable bonds is 2. The van der Waals surface area contributed by atoms with Crippen LogP contribution in [0.1, 0.15) is 34.8 Å². The van der Waals surface area contributed by atoms with Gasteiger partial charge in [-0.1, -0.05) is 29.4 Å². The maximum absolute atomic E-state index is 5.51. The molecule has 1 aromatic carbocycles. The molecule has 1 fully saturated rings. The number of fused-ring (bicyclic) bond motifs is 1. The molecule has 2 heterocycles. The van der Waals surface area contributed by atoms with Gasteiger partial charge < -0.3 is 9.84 Å². The summed E-state index contributed by atoms with van der Waals surface area (Å²) in [7, 11) is 2.11. The highest BCUT2D eigenvalue weighted by molar-refractivity contribution is 5.43. The Balaban J connectivity index is 1.57. The fraction of sp³-hybridized carbons (Fsp3) is 0.467. The minimum absolute atomic E-state index is 0.219. The zero-order valence-corrected chi connectivity index (χ0v) is 11.5. The van der Waals surface area contributed by atoms with Crippen LogP contribution in [0.3, 0.4) is 0 Å². The van der Waals surface area contributed by atoms with Gasteiger partial charge in [0.15, 0.2) is 5.82 Å². The van der Waals surface area contributed by atoms with Gasteiger partial charge in [-0.15, -0.1) is 0 Å². The number of aromatic nitrogens is 2. The lowest BCUT2D eigenvalue weighted by atomic mass is 9.77. The van der Waals surface area contributed by atoms with E-state index in [2.05, 4.69) is 51.7 Å². The van der Waals surface area contributed by atoms with Gasteiger partial charge in [0.05, 0.1) is 12.0 Å². The van der Waals surface area contributed by atoms with Gasteiger partial charge in [0.25, 0.3) is 0 Å². The van der Waals surface area contributed by atoms with Crippen LogP contribution in [0.2, 0.25) is 0 Å². The van der Waals surface area contributed by atoms with E-state index in [9.17, 15) is 0 Å². The third kappa shape index (κ3) is 1.85. The summed E-state index contributed by atoms with van der Waals surface area (Å²) in [5.74, 6) is 1.85. The Kier molecular flexibility index (Phi) is 2.82. The minimum Gasteiger partial charge on any atom is -0.339 e. The molecule has 0 spiro atoms. The molecule has 0 saturated carbocycles. The van der Waals surface area contributed by atoms with Crippen molar-refractivity contribution in [1.29, 1.82) is 0 Å². The highest BCUT2D eigenvalue weighted by atomic mass is 16.5. The molecule has 4 rings (SSSR count). The highest BCUT2D eigenvalue weighted by Gasteiger charge is 2.33. The van der Waals surface area contributed by atoms with Crippen LogP contribution in [0.4, 0.5) is 0 Å². The van der Waals surface area contributed by atoms with Gasteiger partial charge in [0.1, 0.15) is 0 Å². The molecular weight excluding hydrogens is 252 g/mol. The lowest BCUT2D eigenvalue weighted by Crippen LogP contribution is -2.44. The maximum Gasteiger partial charge on any atom is 0.234 e. The Hall–Kier alpha value is -1.72. The molecule has 2 atom stereocenters. The lowest BCUT2D eigenvalue weighted by Gasteiger charge is -2.30. The monoisotopic (exact) mass is 270 g/mol. The maximum atomic E-state index is 5.51. The summed E-state index contributed by atoms with van der Waals surface area (Å²) in [5, 5.41) is 7.58. The first-order valence-electron chi connectivity index (χ1n) is 7.15. The molecule has 2 aliphatic rings. The number of likely N-dealkylation sites (N-methyl/N-ethyl adjacent to an activating group) is 1. The van der Waals surface area contributed by atoms with E-state index >= 15 is 0 Å². The van der Waals surface area contributed by atoms with Gasteiger partial charge in [0.2, 0.25) is 5.89 Å². The van der Waals surface area contributed by atoms with Crippen LogP contribution in [-0.4, -0.2) is 41.7 Å². The summed E-state index contributed by atoms with van der Waals surface area (Å²) >= 11 is 0. The molecular formula is C15H18N4O. The third-order valence-electron chi connectivity index (χ3n) is 4.42. The van der Waals surface area contributed by atoms with Gasteiger partial charge in [-0.05, 0) is 24.6 Å². The number of benzene rings is 1. The van der Waals surface area contributed by atoms with Crippen molar-refractivity contribution < 1.29 is 4.52 Å². The average molecular weight is 270 g/mol. The predicted octanol–water partition coefficient (Wildman–Crippen LogP) is 1.33. The van der Waals surface area contributed by atoms with Crippen molar-refractivity contribution in [2.24, 2.45) is 0 Å². The van der Waals surface area contributed by atoms with E-state index in [1.54, 1.807) is 0 Å². The zero-order chi connectivity index (χ0) is 13.5. The van der Waals surface area contributed by atoms with Crippen LogP contribution in [0, 0.1) is 0 Å². The van der Waals surface area contributed by atoms with E-state index in [1.165, 1.54) is 11.1 Å². The molecule has 2 unspecified atom stereocenters. The fourth-order valence-corrected chi connectivity index (χ4v) is 3.10. The Bertz CT molecular complexity index is 624. The first kappa shape index (κ1) is 12.1. The van der Waals surface area contributed by atoms with Gasteiger partial charge in [-0.2, -0.15) is 4.98 Å². The molecule has 0 amide bonds. The first-order valence-corrected chi connectivity index (χ1v) is 7.15. The zero-order valence-electron chi connectivity index (χ0n) is 11.5. The van der Waals surface area contributed by atoms with Crippen molar-refractivity contribution >= 4 is 0 Å². The van der Waals surface area contributed by atoms with E-state index in [0.717, 1.165) is 37.8 Å². The summed E-state index contributed by atoms with van der Waals surface area (Å²) < 4.78 is 5.51. The molecule has 0 radical (unpaired) electrons. The molecule has 0 bridgehead atoms. The second-order valence-electron chi connectivity index (χ2n) is 5.65. The second kappa shape index (κ2) is 4.68.